The number of nitrogens with zero attached hydrogens (tertiary/aromatic N) is 2. The first kappa shape index (κ1) is 18.5. The molecule has 1 aliphatic heterocycles. The van der Waals surface area contributed by atoms with Crippen molar-refractivity contribution >= 4 is 34.1 Å². The molecule has 3 aromatic rings. The van der Waals surface area contributed by atoms with Crippen molar-refractivity contribution in [3.8, 4) is 5.75 Å². The van der Waals surface area contributed by atoms with Crippen LogP contribution in [0.5, 0.6) is 5.75 Å². The topological polar surface area (TPSA) is 73.2 Å². The van der Waals surface area contributed by atoms with Gasteiger partial charge in [-0.15, -0.1) is 0 Å². The number of ether oxygens (including phenoxy) is 1. The molecule has 144 valence electrons. The summed E-state index contributed by atoms with van der Waals surface area (Å²) < 4.78 is 7.35. The van der Waals surface area contributed by atoms with Crippen molar-refractivity contribution in [2.45, 2.75) is 32.2 Å². The molecule has 0 unspecified atom stereocenters. The minimum atomic E-state index is -0.329. The number of aryl methyl sites for hydroxylation is 1. The Morgan fingerprint density at radius 2 is 2.04 bits per heavy atom. The summed E-state index contributed by atoms with van der Waals surface area (Å²) in [6, 6.07) is 12.1. The summed E-state index contributed by atoms with van der Waals surface area (Å²) in [5, 5.41) is 3.67. The number of hydrogen-bond donors (Lipinski definition) is 1. The first-order valence-electron chi connectivity index (χ1n) is 9.32. The van der Waals surface area contributed by atoms with Gasteiger partial charge in [0.2, 0.25) is 0 Å². The number of fused-ring (bicyclic) bond motifs is 2. The zero-order valence-electron chi connectivity index (χ0n) is 15.3. The van der Waals surface area contributed by atoms with Gasteiger partial charge in [-0.05, 0) is 43.2 Å². The smallest absolute Gasteiger partial charge is 0.262 e. The molecule has 0 atom stereocenters. The molecule has 2 heterocycles. The second kappa shape index (κ2) is 8.02. The Kier molecular flexibility index (Phi) is 5.30. The summed E-state index contributed by atoms with van der Waals surface area (Å²) in [5.41, 5.74) is 1.14. The number of para-hydroxylation sites is 1. The highest BCUT2D eigenvalue weighted by Gasteiger charge is 2.14. The van der Waals surface area contributed by atoms with E-state index in [-0.39, 0.29) is 18.1 Å². The molecule has 1 N–H and O–H groups in total. The normalized spacial score (nSPS) is 13.6. The molecule has 1 amide bonds. The van der Waals surface area contributed by atoms with Crippen LogP contribution in [0.1, 0.15) is 25.1 Å². The molecule has 7 heteroatoms. The average Bonchev–Trinajstić information content (AvgIpc) is 2.94. The van der Waals surface area contributed by atoms with Gasteiger partial charge in [0.1, 0.15) is 11.6 Å². The third kappa shape index (κ3) is 3.87. The Bertz CT molecular complexity index is 1090. The number of hydrogen-bond acceptors (Lipinski definition) is 4. The highest BCUT2D eigenvalue weighted by Crippen LogP contribution is 2.21. The first-order chi connectivity index (χ1) is 13.6. The Hall–Kier alpha value is -2.86. The van der Waals surface area contributed by atoms with Crippen molar-refractivity contribution in [1.82, 2.24) is 9.55 Å². The molecular formula is C21H20ClN3O3. The largest absolute Gasteiger partial charge is 0.484 e. The van der Waals surface area contributed by atoms with Crippen LogP contribution in [0.15, 0.2) is 47.3 Å². The van der Waals surface area contributed by atoms with Gasteiger partial charge in [-0.25, -0.2) is 4.98 Å². The number of amides is 1. The number of rotatable bonds is 4. The highest BCUT2D eigenvalue weighted by molar-refractivity contribution is 6.33. The Morgan fingerprint density at radius 1 is 1.18 bits per heavy atom. The molecule has 0 saturated carbocycles. The Labute approximate surface area is 167 Å². The van der Waals surface area contributed by atoms with E-state index in [1.54, 1.807) is 47.0 Å². The molecule has 0 spiro atoms. The molecule has 0 saturated heterocycles. The van der Waals surface area contributed by atoms with E-state index in [1.165, 1.54) is 0 Å². The van der Waals surface area contributed by atoms with E-state index in [0.717, 1.165) is 31.5 Å². The lowest BCUT2D eigenvalue weighted by Gasteiger charge is -2.12. The fourth-order valence-corrected chi connectivity index (χ4v) is 3.57. The van der Waals surface area contributed by atoms with Gasteiger partial charge in [0.05, 0.1) is 21.6 Å². The number of halogens is 1. The Balaban J connectivity index is 1.52. The number of nitrogens with one attached hydrogen (secondary N) is 1. The average molecular weight is 398 g/mol. The standard InChI is InChI=1S/C21H20ClN3O3/c22-16-6-3-4-7-18(16)24-20(26)13-28-14-9-10-17-15(12-14)21(27)25-11-5-1-2-8-19(25)23-17/h3-4,6-7,9-10,12H,1-2,5,8,11,13H2,(H,24,26). The highest BCUT2D eigenvalue weighted by atomic mass is 35.5. The molecule has 4 rings (SSSR count). The summed E-state index contributed by atoms with van der Waals surface area (Å²) in [6.07, 6.45) is 3.97. The maximum absolute atomic E-state index is 12.9. The van der Waals surface area contributed by atoms with Crippen LogP contribution in [0.25, 0.3) is 10.9 Å². The van der Waals surface area contributed by atoms with Crippen LogP contribution in [-0.2, 0) is 17.8 Å². The molecule has 0 radical (unpaired) electrons. The van der Waals surface area contributed by atoms with Gasteiger partial charge < -0.3 is 10.1 Å². The quantitative estimate of drug-likeness (QED) is 0.726. The van der Waals surface area contributed by atoms with Crippen LogP contribution < -0.4 is 15.6 Å². The summed E-state index contributed by atoms with van der Waals surface area (Å²) >= 11 is 6.04. The number of anilines is 1. The second-order valence-corrected chi connectivity index (χ2v) is 7.20. The molecule has 0 bridgehead atoms. The summed E-state index contributed by atoms with van der Waals surface area (Å²) in [5.74, 6) is 0.975. The van der Waals surface area contributed by atoms with Gasteiger partial charge in [0.25, 0.3) is 11.5 Å². The van der Waals surface area contributed by atoms with Crippen LogP contribution in [0.2, 0.25) is 5.02 Å². The van der Waals surface area contributed by atoms with Crippen LogP contribution in [0, 0.1) is 0 Å². The van der Waals surface area contributed by atoms with Crippen molar-refractivity contribution in [2.75, 3.05) is 11.9 Å². The fourth-order valence-electron chi connectivity index (χ4n) is 3.38. The summed E-state index contributed by atoms with van der Waals surface area (Å²) in [6.45, 7) is 0.513. The SMILES string of the molecule is O=C(COc1ccc2nc3n(c(=O)c2c1)CCCCC3)Nc1ccccc1Cl. The second-order valence-electron chi connectivity index (χ2n) is 6.79. The number of aromatic nitrogens is 2. The van der Waals surface area contributed by atoms with E-state index >= 15 is 0 Å². The lowest BCUT2D eigenvalue weighted by Crippen LogP contribution is -2.24. The van der Waals surface area contributed by atoms with Gasteiger partial charge >= 0.3 is 0 Å². The molecular weight excluding hydrogens is 378 g/mol. The van der Waals surface area contributed by atoms with Crippen LogP contribution in [0.4, 0.5) is 5.69 Å². The fraction of sp³-hybridized carbons (Fsp3) is 0.286. The zero-order valence-corrected chi connectivity index (χ0v) is 16.0. The third-order valence-electron chi connectivity index (χ3n) is 4.80. The van der Waals surface area contributed by atoms with E-state index < -0.39 is 0 Å². The third-order valence-corrected chi connectivity index (χ3v) is 5.13. The van der Waals surface area contributed by atoms with E-state index in [2.05, 4.69) is 10.3 Å². The van der Waals surface area contributed by atoms with Crippen LogP contribution in [0.3, 0.4) is 0 Å². The minimum Gasteiger partial charge on any atom is -0.484 e. The maximum atomic E-state index is 12.9. The number of carbonyl (C=O) groups is 1. The van der Waals surface area contributed by atoms with Gasteiger partial charge in [-0.3, -0.25) is 14.2 Å². The molecule has 6 nitrogen and oxygen atoms in total. The molecule has 0 fully saturated rings. The van der Waals surface area contributed by atoms with Crippen molar-refractivity contribution in [2.24, 2.45) is 0 Å². The first-order valence-corrected chi connectivity index (χ1v) is 9.70. The monoisotopic (exact) mass is 397 g/mol. The van der Waals surface area contributed by atoms with Crippen molar-refractivity contribution in [1.29, 1.82) is 0 Å². The summed E-state index contributed by atoms with van der Waals surface area (Å²) in [4.78, 5) is 29.6. The van der Waals surface area contributed by atoms with E-state index in [4.69, 9.17) is 16.3 Å². The van der Waals surface area contributed by atoms with Crippen molar-refractivity contribution < 1.29 is 9.53 Å². The van der Waals surface area contributed by atoms with Gasteiger partial charge in [-0.2, -0.15) is 0 Å². The number of carbonyl (C=O) groups excluding carboxylic acids is 1. The van der Waals surface area contributed by atoms with Gasteiger partial charge in [0, 0.05) is 13.0 Å². The Morgan fingerprint density at radius 3 is 2.89 bits per heavy atom. The lowest BCUT2D eigenvalue weighted by molar-refractivity contribution is -0.118. The van der Waals surface area contributed by atoms with Crippen molar-refractivity contribution in [3.05, 3.63) is 63.7 Å². The predicted molar refractivity (Wildman–Crippen MR) is 109 cm³/mol. The van der Waals surface area contributed by atoms with E-state index in [1.807, 2.05) is 0 Å². The van der Waals surface area contributed by atoms with Crippen LogP contribution in [-0.4, -0.2) is 22.1 Å². The zero-order chi connectivity index (χ0) is 19.5. The molecule has 2 aromatic carbocycles. The summed E-state index contributed by atoms with van der Waals surface area (Å²) in [7, 11) is 0. The van der Waals surface area contributed by atoms with E-state index in [0.29, 0.717) is 33.9 Å². The molecule has 1 aliphatic rings. The number of benzene rings is 2. The maximum Gasteiger partial charge on any atom is 0.262 e. The minimum absolute atomic E-state index is 0.0483. The predicted octanol–water partition coefficient (Wildman–Crippen LogP) is 3.79. The molecule has 1 aromatic heterocycles. The van der Waals surface area contributed by atoms with Gasteiger partial charge in [-0.1, -0.05) is 30.2 Å². The lowest BCUT2D eigenvalue weighted by atomic mass is 10.2. The van der Waals surface area contributed by atoms with Crippen molar-refractivity contribution in [3.63, 3.8) is 0 Å². The van der Waals surface area contributed by atoms with Gasteiger partial charge in [0.15, 0.2) is 6.61 Å². The van der Waals surface area contributed by atoms with E-state index in [9.17, 15) is 9.59 Å². The van der Waals surface area contributed by atoms with Crippen LogP contribution >= 0.6 is 11.6 Å². The molecule has 28 heavy (non-hydrogen) atoms. The molecule has 0 aliphatic carbocycles.